The molecule has 0 heterocycles. The lowest BCUT2D eigenvalue weighted by Crippen LogP contribution is -1.88. The predicted molar refractivity (Wildman–Crippen MR) is 163 cm³/mol. The molecule has 200 valence electrons. The molecule has 6 nitrogen and oxygen atoms in total. The first-order chi connectivity index (χ1) is 21.0. The molecule has 0 aliphatic rings. The molecular formula is C36H19ClN6. The Balaban J connectivity index is 0.000000180. The van der Waals surface area contributed by atoms with Gasteiger partial charge in [0.05, 0.1) is 38.4 Å². The SMILES string of the molecule is N#Cc1cccc(-c2ccccc2)c1C#N.N#Cc1cccc(-c2ccccc2)c1C#N.N#Cc1cccc(Cl)c1C#N. The summed E-state index contributed by atoms with van der Waals surface area (Å²) in [5, 5.41) is 53.4. The highest BCUT2D eigenvalue weighted by atomic mass is 35.5. The van der Waals surface area contributed by atoms with Gasteiger partial charge in [-0.15, -0.1) is 0 Å². The zero-order valence-corrected chi connectivity index (χ0v) is 23.3. The van der Waals surface area contributed by atoms with E-state index in [-0.39, 0.29) is 5.56 Å². The molecular weight excluding hydrogens is 552 g/mol. The Morgan fingerprint density at radius 3 is 1.02 bits per heavy atom. The van der Waals surface area contributed by atoms with Crippen LogP contribution in [0.2, 0.25) is 5.02 Å². The molecule has 0 unspecified atom stereocenters. The van der Waals surface area contributed by atoms with Crippen LogP contribution in [-0.4, -0.2) is 0 Å². The van der Waals surface area contributed by atoms with Gasteiger partial charge in [0.25, 0.3) is 0 Å². The van der Waals surface area contributed by atoms with Gasteiger partial charge < -0.3 is 0 Å². The third-order valence-electron chi connectivity index (χ3n) is 6.01. The molecule has 0 N–H and O–H groups in total. The molecule has 5 rings (SSSR count). The summed E-state index contributed by atoms with van der Waals surface area (Å²) in [4.78, 5) is 0. The van der Waals surface area contributed by atoms with Crippen LogP contribution in [0.15, 0.2) is 115 Å². The van der Waals surface area contributed by atoms with Gasteiger partial charge >= 0.3 is 0 Å². The summed E-state index contributed by atoms with van der Waals surface area (Å²) in [5.41, 5.74) is 5.81. The minimum Gasteiger partial charge on any atom is -0.192 e. The minimum atomic E-state index is 0.247. The van der Waals surface area contributed by atoms with E-state index in [4.69, 9.17) is 43.2 Å². The summed E-state index contributed by atoms with van der Waals surface area (Å²) in [6.45, 7) is 0. The second-order valence-corrected chi connectivity index (χ2v) is 8.93. The first-order valence-corrected chi connectivity index (χ1v) is 13.0. The number of hydrogen-bond acceptors (Lipinski definition) is 6. The van der Waals surface area contributed by atoms with Gasteiger partial charge in [-0.2, -0.15) is 31.6 Å². The van der Waals surface area contributed by atoms with Gasteiger partial charge in [0.15, 0.2) is 0 Å². The van der Waals surface area contributed by atoms with Crippen LogP contribution in [-0.2, 0) is 0 Å². The Hall–Kier alpha value is -6.67. The van der Waals surface area contributed by atoms with Crippen molar-refractivity contribution in [3.8, 4) is 58.7 Å². The molecule has 0 atom stereocenters. The maximum absolute atomic E-state index is 9.09. The average molecular weight is 571 g/mol. The first-order valence-electron chi connectivity index (χ1n) is 12.6. The molecule has 0 spiro atoms. The Bertz CT molecular complexity index is 1880. The number of benzene rings is 5. The average Bonchev–Trinajstić information content (AvgIpc) is 3.08. The summed E-state index contributed by atoms with van der Waals surface area (Å²) >= 11 is 5.63. The van der Waals surface area contributed by atoms with Crippen molar-refractivity contribution in [2.75, 3.05) is 0 Å². The van der Waals surface area contributed by atoms with Gasteiger partial charge in [0, 0.05) is 11.1 Å². The molecule has 0 saturated carbocycles. The van der Waals surface area contributed by atoms with Crippen LogP contribution >= 0.6 is 11.6 Å². The van der Waals surface area contributed by atoms with E-state index in [0.717, 1.165) is 22.3 Å². The highest BCUT2D eigenvalue weighted by Gasteiger charge is 2.09. The largest absolute Gasteiger partial charge is 0.192 e. The maximum Gasteiger partial charge on any atom is 0.102 e. The molecule has 43 heavy (non-hydrogen) atoms. The van der Waals surface area contributed by atoms with E-state index in [1.165, 1.54) is 0 Å². The maximum atomic E-state index is 9.09. The fraction of sp³-hybridized carbons (Fsp3) is 0. The lowest BCUT2D eigenvalue weighted by Gasteiger charge is -2.04. The third-order valence-corrected chi connectivity index (χ3v) is 6.32. The topological polar surface area (TPSA) is 143 Å². The summed E-state index contributed by atoms with van der Waals surface area (Å²) in [6, 6.07) is 46.6. The minimum absolute atomic E-state index is 0.247. The molecule has 0 bridgehead atoms. The molecule has 5 aromatic carbocycles. The van der Waals surface area contributed by atoms with Gasteiger partial charge in [0.2, 0.25) is 0 Å². The monoisotopic (exact) mass is 570 g/mol. The third kappa shape index (κ3) is 7.71. The van der Waals surface area contributed by atoms with E-state index in [9.17, 15) is 0 Å². The van der Waals surface area contributed by atoms with Gasteiger partial charge in [-0.3, -0.25) is 0 Å². The van der Waals surface area contributed by atoms with Crippen LogP contribution in [0.3, 0.4) is 0 Å². The number of halogens is 1. The van der Waals surface area contributed by atoms with Crippen LogP contribution in [0, 0.1) is 68.0 Å². The van der Waals surface area contributed by atoms with Crippen molar-refractivity contribution in [1.29, 1.82) is 31.6 Å². The van der Waals surface area contributed by atoms with Crippen molar-refractivity contribution in [3.63, 3.8) is 0 Å². The fourth-order valence-corrected chi connectivity index (χ4v) is 4.20. The second kappa shape index (κ2) is 15.8. The van der Waals surface area contributed by atoms with Gasteiger partial charge in [-0.05, 0) is 35.4 Å². The quantitative estimate of drug-likeness (QED) is 0.209. The van der Waals surface area contributed by atoms with Crippen LogP contribution in [0.4, 0.5) is 0 Å². The van der Waals surface area contributed by atoms with Crippen LogP contribution in [0.1, 0.15) is 33.4 Å². The van der Waals surface area contributed by atoms with Crippen molar-refractivity contribution in [2.24, 2.45) is 0 Å². The molecule has 0 aliphatic heterocycles. The lowest BCUT2D eigenvalue weighted by atomic mass is 9.97. The number of hydrogen-bond donors (Lipinski definition) is 0. The highest BCUT2D eigenvalue weighted by molar-refractivity contribution is 6.31. The molecule has 5 aromatic rings. The smallest absolute Gasteiger partial charge is 0.102 e. The second-order valence-electron chi connectivity index (χ2n) is 8.52. The zero-order chi connectivity index (χ0) is 31.0. The Morgan fingerprint density at radius 1 is 0.349 bits per heavy atom. The zero-order valence-electron chi connectivity index (χ0n) is 22.5. The van der Waals surface area contributed by atoms with E-state index in [0.29, 0.717) is 32.8 Å². The Morgan fingerprint density at radius 2 is 0.698 bits per heavy atom. The van der Waals surface area contributed by atoms with Gasteiger partial charge in [-0.25, -0.2) is 0 Å². The molecule has 7 heteroatoms. The highest BCUT2D eigenvalue weighted by Crippen LogP contribution is 2.26. The van der Waals surface area contributed by atoms with Crippen molar-refractivity contribution < 1.29 is 0 Å². The van der Waals surface area contributed by atoms with E-state index in [1.54, 1.807) is 42.5 Å². The van der Waals surface area contributed by atoms with E-state index >= 15 is 0 Å². The number of nitrogens with zero attached hydrogens (tertiary/aromatic N) is 6. The predicted octanol–water partition coefficient (Wildman–Crippen LogP) is 8.28. The summed E-state index contributed by atoms with van der Waals surface area (Å²) < 4.78 is 0. The molecule has 0 amide bonds. The molecule has 0 aliphatic carbocycles. The molecule has 0 aromatic heterocycles. The first kappa shape index (κ1) is 30.9. The number of nitriles is 6. The van der Waals surface area contributed by atoms with Crippen molar-refractivity contribution in [1.82, 2.24) is 0 Å². The van der Waals surface area contributed by atoms with Crippen LogP contribution in [0.25, 0.3) is 22.3 Å². The van der Waals surface area contributed by atoms with E-state index in [2.05, 4.69) is 12.1 Å². The van der Waals surface area contributed by atoms with Crippen LogP contribution in [0.5, 0.6) is 0 Å². The Labute approximate surface area is 255 Å². The number of rotatable bonds is 2. The summed E-state index contributed by atoms with van der Waals surface area (Å²) in [6.07, 6.45) is 0. The fourth-order valence-electron chi connectivity index (χ4n) is 3.98. The van der Waals surface area contributed by atoms with Gasteiger partial charge in [-0.1, -0.05) is 103 Å². The molecule has 0 radical (unpaired) electrons. The van der Waals surface area contributed by atoms with Crippen molar-refractivity contribution in [3.05, 3.63) is 154 Å². The van der Waals surface area contributed by atoms with Crippen molar-refractivity contribution in [2.45, 2.75) is 0 Å². The normalized spacial score (nSPS) is 8.91. The van der Waals surface area contributed by atoms with Crippen LogP contribution < -0.4 is 0 Å². The van der Waals surface area contributed by atoms with Crippen molar-refractivity contribution >= 4 is 11.6 Å². The lowest BCUT2D eigenvalue weighted by molar-refractivity contribution is 1.43. The Kier molecular flexibility index (Phi) is 11.3. The standard InChI is InChI=1S/2C14H8N2.C8H3ClN2/c2*15-9-12-7-4-8-13(14(12)10-16)11-5-2-1-3-6-11;9-8-3-1-2-6(4-10)7(8)5-11/h2*1-8H;1-3H. The molecule has 0 saturated heterocycles. The molecule has 0 fully saturated rings. The van der Waals surface area contributed by atoms with E-state index in [1.807, 2.05) is 97.1 Å². The van der Waals surface area contributed by atoms with E-state index < -0.39 is 0 Å². The summed E-state index contributed by atoms with van der Waals surface area (Å²) in [5.74, 6) is 0. The van der Waals surface area contributed by atoms with Gasteiger partial charge in [0.1, 0.15) is 36.4 Å². The summed E-state index contributed by atoms with van der Waals surface area (Å²) in [7, 11) is 0.